The standard InChI is InChI=1S/C93H173N5O20S5/c1-11-16-21-26-30-35-40-75-122-82(9)92(107)116-69-64-111-85(100)45-56-96(55-44-84(99)109-62-67-114-89(104)79(6)77-119-72-37-33-28-23-18-13-3)53-42-49-94-50-43-54-97(57-46-86(101)112-65-70-117-91(106)81(8)121-74-39-32-25-20-15-5)60-51-95-52-61-98(58-47-87(102)110-63-68-115-90(105)80(7)78-120-73-38-34-29-24-19-14-4)59-48-88(103)113-66-71-118-93(108)83(10)123-76-41-36-31-27-22-17-12-2/h79-83,94-95H,11-78H2,1-10H3. The minimum absolute atomic E-state index is 0.0174. The Kier molecular flexibility index (Phi) is 86.2. The SMILES string of the molecule is CCCCCCCCCSC(C)C(=O)OCCOC(=O)CCN(CCCNCCCN(CCNCCN(CCC(=O)OCCOC(=O)C(C)CSCCCCCCCC)CCC(=O)OCCOC(=O)C(C)SCCCCCCCCC)CCC(=O)OCCOC(=O)C(C)SCCCCCCC)CCC(=O)OCCOC(=O)C(C)CSCCCCCCCC. The fourth-order valence-corrected chi connectivity index (χ4v) is 17.7. The van der Waals surface area contributed by atoms with E-state index in [4.69, 9.17) is 47.4 Å². The molecule has 123 heavy (non-hydrogen) atoms. The molecule has 0 aliphatic heterocycles. The molecule has 0 saturated heterocycles. The third kappa shape index (κ3) is 79.0. The quantitative estimate of drug-likeness (QED) is 0.0325. The minimum Gasteiger partial charge on any atom is -0.462 e. The smallest absolute Gasteiger partial charge is 0.318 e. The van der Waals surface area contributed by atoms with E-state index in [1.165, 1.54) is 148 Å². The Bertz CT molecular complexity index is 2470. The molecule has 5 unspecified atom stereocenters. The van der Waals surface area contributed by atoms with Gasteiger partial charge in [-0.3, -0.25) is 47.9 Å². The maximum Gasteiger partial charge on any atom is 0.318 e. The molecular formula is C93H173N5O20S5. The van der Waals surface area contributed by atoms with Gasteiger partial charge in [0, 0.05) is 70.4 Å². The zero-order valence-corrected chi connectivity index (χ0v) is 82.6. The van der Waals surface area contributed by atoms with Crippen LogP contribution in [0.3, 0.4) is 0 Å². The van der Waals surface area contributed by atoms with E-state index < -0.39 is 29.8 Å². The van der Waals surface area contributed by atoms with Gasteiger partial charge in [0.2, 0.25) is 0 Å². The maximum absolute atomic E-state index is 13.2. The van der Waals surface area contributed by atoms with E-state index in [0.29, 0.717) is 89.9 Å². The van der Waals surface area contributed by atoms with Crippen LogP contribution in [0.1, 0.15) is 313 Å². The summed E-state index contributed by atoms with van der Waals surface area (Å²) in [4.78, 5) is 136. The molecule has 0 aliphatic rings. The molecule has 2 N–H and O–H groups in total. The number of hydrogen-bond acceptors (Lipinski definition) is 30. The molecular weight excluding hydrogens is 1670 g/mol. The van der Waals surface area contributed by atoms with Gasteiger partial charge in [0.1, 0.15) is 66.1 Å². The van der Waals surface area contributed by atoms with Gasteiger partial charge in [-0.1, -0.05) is 215 Å². The summed E-state index contributed by atoms with van der Waals surface area (Å²) in [6, 6.07) is 0. The first-order valence-electron chi connectivity index (χ1n) is 47.9. The van der Waals surface area contributed by atoms with Gasteiger partial charge < -0.3 is 72.7 Å². The second-order valence-electron chi connectivity index (χ2n) is 32.1. The van der Waals surface area contributed by atoms with Crippen LogP contribution in [0.4, 0.5) is 0 Å². The van der Waals surface area contributed by atoms with Crippen molar-refractivity contribution in [3.63, 3.8) is 0 Å². The molecule has 25 nitrogen and oxygen atoms in total. The molecule has 0 radical (unpaired) electrons. The third-order valence-electron chi connectivity index (χ3n) is 20.6. The molecule has 0 spiro atoms. The monoisotopic (exact) mass is 1840 g/mol. The first-order chi connectivity index (χ1) is 59.7. The predicted octanol–water partition coefficient (Wildman–Crippen LogP) is 17.5. The van der Waals surface area contributed by atoms with Crippen LogP contribution in [0, 0.1) is 11.8 Å². The van der Waals surface area contributed by atoms with Crippen molar-refractivity contribution in [2.45, 2.75) is 329 Å². The normalized spacial score (nSPS) is 12.7. The van der Waals surface area contributed by atoms with Gasteiger partial charge in [0.15, 0.2) is 0 Å². The number of unbranched alkanes of at least 4 members (excludes halogenated alkanes) is 26. The lowest BCUT2D eigenvalue weighted by atomic mass is 10.1. The van der Waals surface area contributed by atoms with Crippen LogP contribution >= 0.6 is 58.8 Å². The first-order valence-corrected chi connectivity index (χ1v) is 53.4. The first kappa shape index (κ1) is 119. The van der Waals surface area contributed by atoms with Crippen LogP contribution in [-0.4, -0.2) is 282 Å². The average molecular weight is 1840 g/mol. The van der Waals surface area contributed by atoms with Crippen molar-refractivity contribution in [3.05, 3.63) is 0 Å². The van der Waals surface area contributed by atoms with Crippen molar-refractivity contribution >= 4 is 119 Å². The summed E-state index contributed by atoms with van der Waals surface area (Å²) in [7, 11) is 0. The van der Waals surface area contributed by atoms with Gasteiger partial charge >= 0.3 is 59.7 Å². The summed E-state index contributed by atoms with van der Waals surface area (Å²) in [5.74, 6) is 1.49. The highest BCUT2D eigenvalue weighted by Crippen LogP contribution is 2.21. The van der Waals surface area contributed by atoms with E-state index >= 15 is 0 Å². The van der Waals surface area contributed by atoms with Gasteiger partial charge in [-0.2, -0.15) is 23.5 Å². The molecule has 5 atom stereocenters. The predicted molar refractivity (Wildman–Crippen MR) is 507 cm³/mol. The number of nitrogens with one attached hydrogen (secondary N) is 2. The molecule has 0 aromatic heterocycles. The van der Waals surface area contributed by atoms with Crippen molar-refractivity contribution in [2.24, 2.45) is 11.8 Å². The summed E-state index contributed by atoms with van der Waals surface area (Å²) in [6.07, 6.45) is 38.8. The molecule has 0 rings (SSSR count). The van der Waals surface area contributed by atoms with Gasteiger partial charge in [0.25, 0.3) is 0 Å². The Hall–Kier alpha value is -3.75. The van der Waals surface area contributed by atoms with E-state index in [0.717, 1.165) is 86.6 Å². The lowest BCUT2D eigenvalue weighted by Gasteiger charge is -2.24. The average Bonchev–Trinajstić information content (AvgIpc) is 0.960. The molecule has 30 heteroatoms. The second-order valence-corrected chi connectivity index (χ2v) is 38.8. The number of nitrogens with zero attached hydrogens (tertiary/aromatic N) is 3. The molecule has 0 bridgehead atoms. The number of rotatable bonds is 92. The Morgan fingerprint density at radius 3 is 0.715 bits per heavy atom. The zero-order valence-electron chi connectivity index (χ0n) is 78.5. The lowest BCUT2D eigenvalue weighted by molar-refractivity contribution is -0.154. The molecule has 0 aliphatic carbocycles. The summed E-state index contributed by atoms with van der Waals surface area (Å²) < 4.78 is 54.8. The molecule has 720 valence electrons. The number of carbonyl (C=O) groups excluding carboxylic acids is 10. The summed E-state index contributed by atoms with van der Waals surface area (Å²) >= 11 is 8.24. The van der Waals surface area contributed by atoms with Crippen molar-refractivity contribution in [3.8, 4) is 0 Å². The van der Waals surface area contributed by atoms with Crippen LogP contribution in [0.5, 0.6) is 0 Å². The van der Waals surface area contributed by atoms with Crippen LogP contribution in [-0.2, 0) is 95.3 Å². The van der Waals surface area contributed by atoms with Crippen molar-refractivity contribution in [1.29, 1.82) is 0 Å². The van der Waals surface area contributed by atoms with E-state index in [2.05, 4.69) is 50.2 Å². The number of ether oxygens (including phenoxy) is 10. The minimum atomic E-state index is -0.474. The van der Waals surface area contributed by atoms with Crippen molar-refractivity contribution < 1.29 is 95.3 Å². The van der Waals surface area contributed by atoms with Gasteiger partial charge in [-0.15, -0.1) is 35.3 Å². The number of thioether (sulfide) groups is 5. The van der Waals surface area contributed by atoms with Crippen LogP contribution in [0.25, 0.3) is 0 Å². The largest absolute Gasteiger partial charge is 0.462 e. The molecule has 0 aromatic rings. The van der Waals surface area contributed by atoms with Crippen LogP contribution < -0.4 is 10.6 Å². The molecule has 0 fully saturated rings. The zero-order chi connectivity index (χ0) is 90.5. The lowest BCUT2D eigenvalue weighted by Crippen LogP contribution is -2.39. The van der Waals surface area contributed by atoms with Gasteiger partial charge in [0.05, 0.1) is 59.7 Å². The highest BCUT2D eigenvalue weighted by molar-refractivity contribution is 8.01. The van der Waals surface area contributed by atoms with Crippen LogP contribution in [0.2, 0.25) is 0 Å². The second kappa shape index (κ2) is 88.9. The Morgan fingerprint density at radius 1 is 0.236 bits per heavy atom. The van der Waals surface area contributed by atoms with E-state index in [1.54, 1.807) is 58.8 Å². The molecule has 0 heterocycles. The summed E-state index contributed by atoms with van der Waals surface area (Å²) in [6.45, 7) is 25.6. The summed E-state index contributed by atoms with van der Waals surface area (Å²) in [5, 5.41) is 6.06. The van der Waals surface area contributed by atoms with Gasteiger partial charge in [-0.05, 0) is 121 Å². The Labute approximate surface area is 766 Å². The third-order valence-corrected chi connectivity index (χ3v) is 26.9. The van der Waals surface area contributed by atoms with Gasteiger partial charge in [-0.25, -0.2) is 0 Å². The Morgan fingerprint density at radius 2 is 0.447 bits per heavy atom. The highest BCUT2D eigenvalue weighted by atomic mass is 32.2. The summed E-state index contributed by atoms with van der Waals surface area (Å²) in [5.41, 5.74) is 0. The topological polar surface area (TPSA) is 297 Å². The highest BCUT2D eigenvalue weighted by Gasteiger charge is 2.23. The molecule has 0 aromatic carbocycles. The van der Waals surface area contributed by atoms with Crippen molar-refractivity contribution in [1.82, 2.24) is 25.3 Å². The maximum atomic E-state index is 13.2. The number of carbonyl (C=O) groups is 10. The molecule has 0 amide bonds. The van der Waals surface area contributed by atoms with E-state index in [1.807, 2.05) is 44.4 Å². The fraction of sp³-hybridized carbons (Fsp3) is 0.892. The van der Waals surface area contributed by atoms with E-state index in [-0.39, 0.29) is 169 Å². The molecule has 0 saturated carbocycles. The van der Waals surface area contributed by atoms with E-state index in [9.17, 15) is 47.9 Å². The Balaban J connectivity index is 6.06. The van der Waals surface area contributed by atoms with Crippen molar-refractivity contribution in [2.75, 3.05) is 191 Å². The number of hydrogen-bond donors (Lipinski definition) is 2. The number of esters is 10. The van der Waals surface area contributed by atoms with Crippen LogP contribution in [0.15, 0.2) is 0 Å². The fourth-order valence-electron chi connectivity index (χ4n) is 12.8.